The molecule has 2 amide bonds. The normalized spacial score (nSPS) is 10.2. The number of anilines is 1. The summed E-state index contributed by atoms with van der Waals surface area (Å²) in [5.41, 5.74) is 2.73. The minimum absolute atomic E-state index is 0.244. The lowest BCUT2D eigenvalue weighted by atomic mass is 10.2. The quantitative estimate of drug-likeness (QED) is 0.822. The van der Waals surface area contributed by atoms with E-state index in [4.69, 9.17) is 4.74 Å². The second-order valence-electron chi connectivity index (χ2n) is 5.30. The zero-order valence-corrected chi connectivity index (χ0v) is 13.6. The molecule has 5 nitrogen and oxygen atoms in total. The van der Waals surface area contributed by atoms with Gasteiger partial charge in [-0.3, -0.25) is 4.98 Å². The highest BCUT2D eigenvalue weighted by atomic mass is 16.5. The number of hydrogen-bond acceptors (Lipinski definition) is 3. The monoisotopic (exact) mass is 313 g/mol. The first-order valence-corrected chi connectivity index (χ1v) is 7.87. The van der Waals surface area contributed by atoms with Crippen LogP contribution < -0.4 is 15.4 Å². The number of nitrogens with zero attached hydrogens (tertiary/aromatic N) is 1. The molecule has 0 unspecified atom stereocenters. The Hall–Kier alpha value is -2.56. The van der Waals surface area contributed by atoms with E-state index >= 15 is 0 Å². The van der Waals surface area contributed by atoms with Gasteiger partial charge in [-0.05, 0) is 43.2 Å². The van der Waals surface area contributed by atoms with Crippen LogP contribution >= 0.6 is 0 Å². The summed E-state index contributed by atoms with van der Waals surface area (Å²) in [6, 6.07) is 11.2. The SMILES string of the molecule is CCCOc1cc(C)ccc1NC(=O)NCCc1ccccn1. The minimum atomic E-state index is -0.244. The van der Waals surface area contributed by atoms with Gasteiger partial charge >= 0.3 is 6.03 Å². The van der Waals surface area contributed by atoms with Crippen LogP contribution in [0.25, 0.3) is 0 Å². The average molecular weight is 313 g/mol. The van der Waals surface area contributed by atoms with E-state index in [0.29, 0.717) is 31.0 Å². The maximum absolute atomic E-state index is 12.0. The van der Waals surface area contributed by atoms with Gasteiger partial charge in [-0.25, -0.2) is 4.79 Å². The Bertz CT molecular complexity index is 629. The van der Waals surface area contributed by atoms with E-state index in [-0.39, 0.29) is 6.03 Å². The Kier molecular flexibility index (Phi) is 6.41. The van der Waals surface area contributed by atoms with Crippen LogP contribution in [0.4, 0.5) is 10.5 Å². The number of carbonyl (C=O) groups excluding carboxylic acids is 1. The topological polar surface area (TPSA) is 63.2 Å². The van der Waals surface area contributed by atoms with Crippen molar-refractivity contribution in [2.75, 3.05) is 18.5 Å². The fraction of sp³-hybridized carbons (Fsp3) is 0.333. The second-order valence-corrected chi connectivity index (χ2v) is 5.30. The van der Waals surface area contributed by atoms with Gasteiger partial charge in [0, 0.05) is 24.9 Å². The largest absolute Gasteiger partial charge is 0.491 e. The van der Waals surface area contributed by atoms with E-state index in [2.05, 4.69) is 15.6 Å². The smallest absolute Gasteiger partial charge is 0.319 e. The summed E-state index contributed by atoms with van der Waals surface area (Å²) in [4.78, 5) is 16.2. The Morgan fingerprint density at radius 3 is 2.87 bits per heavy atom. The van der Waals surface area contributed by atoms with E-state index in [9.17, 15) is 4.79 Å². The van der Waals surface area contributed by atoms with Crippen molar-refractivity contribution in [3.63, 3.8) is 0 Å². The number of benzene rings is 1. The molecule has 0 spiro atoms. The van der Waals surface area contributed by atoms with Crippen LogP contribution in [0.1, 0.15) is 24.6 Å². The number of hydrogen-bond donors (Lipinski definition) is 2. The molecule has 1 heterocycles. The van der Waals surface area contributed by atoms with Gasteiger partial charge in [-0.15, -0.1) is 0 Å². The van der Waals surface area contributed by atoms with Crippen LogP contribution in [0.5, 0.6) is 5.75 Å². The molecule has 0 aliphatic heterocycles. The van der Waals surface area contributed by atoms with Gasteiger partial charge < -0.3 is 15.4 Å². The molecule has 0 atom stereocenters. The van der Waals surface area contributed by atoms with Crippen molar-refractivity contribution in [2.45, 2.75) is 26.7 Å². The Labute approximate surface area is 137 Å². The van der Waals surface area contributed by atoms with E-state index in [1.54, 1.807) is 6.20 Å². The zero-order chi connectivity index (χ0) is 16.5. The lowest BCUT2D eigenvalue weighted by Gasteiger charge is -2.13. The van der Waals surface area contributed by atoms with Gasteiger partial charge in [-0.1, -0.05) is 19.1 Å². The summed E-state index contributed by atoms with van der Waals surface area (Å²) in [6.07, 6.45) is 3.37. The Balaban J connectivity index is 1.87. The molecule has 0 aliphatic carbocycles. The van der Waals surface area contributed by atoms with Crippen molar-refractivity contribution in [3.05, 3.63) is 53.9 Å². The molecular formula is C18H23N3O2. The molecular weight excluding hydrogens is 290 g/mol. The molecule has 2 N–H and O–H groups in total. The van der Waals surface area contributed by atoms with E-state index < -0.39 is 0 Å². The molecule has 0 aliphatic rings. The van der Waals surface area contributed by atoms with Crippen molar-refractivity contribution >= 4 is 11.7 Å². The number of aryl methyl sites for hydroxylation is 1. The van der Waals surface area contributed by atoms with E-state index in [0.717, 1.165) is 17.7 Å². The minimum Gasteiger partial charge on any atom is -0.491 e. The first kappa shape index (κ1) is 16.8. The summed E-state index contributed by atoms with van der Waals surface area (Å²) in [5.74, 6) is 0.701. The maximum atomic E-state index is 12.0. The van der Waals surface area contributed by atoms with Gasteiger partial charge in [0.2, 0.25) is 0 Å². The van der Waals surface area contributed by atoms with Crippen molar-refractivity contribution < 1.29 is 9.53 Å². The molecule has 0 saturated carbocycles. The van der Waals surface area contributed by atoms with Gasteiger partial charge in [-0.2, -0.15) is 0 Å². The molecule has 23 heavy (non-hydrogen) atoms. The summed E-state index contributed by atoms with van der Waals surface area (Å²) < 4.78 is 5.69. The number of urea groups is 1. The van der Waals surface area contributed by atoms with Crippen molar-refractivity contribution in [3.8, 4) is 5.75 Å². The van der Waals surface area contributed by atoms with Crippen LogP contribution in [0.15, 0.2) is 42.6 Å². The predicted octanol–water partition coefficient (Wildman–Crippen LogP) is 3.54. The first-order chi connectivity index (χ1) is 11.2. The molecule has 0 bridgehead atoms. The van der Waals surface area contributed by atoms with Crippen LogP contribution in [0.2, 0.25) is 0 Å². The highest BCUT2D eigenvalue weighted by Crippen LogP contribution is 2.25. The van der Waals surface area contributed by atoms with Crippen LogP contribution in [-0.2, 0) is 6.42 Å². The molecule has 2 rings (SSSR count). The van der Waals surface area contributed by atoms with Gasteiger partial charge in [0.15, 0.2) is 0 Å². The van der Waals surface area contributed by atoms with Gasteiger partial charge in [0.1, 0.15) is 5.75 Å². The zero-order valence-electron chi connectivity index (χ0n) is 13.6. The molecule has 0 fully saturated rings. The summed E-state index contributed by atoms with van der Waals surface area (Å²) in [5, 5.41) is 5.67. The number of amides is 2. The Morgan fingerprint density at radius 1 is 1.26 bits per heavy atom. The Morgan fingerprint density at radius 2 is 2.13 bits per heavy atom. The lowest BCUT2D eigenvalue weighted by Crippen LogP contribution is -2.30. The summed E-state index contributed by atoms with van der Waals surface area (Å²) >= 11 is 0. The van der Waals surface area contributed by atoms with Crippen molar-refractivity contribution in [1.29, 1.82) is 0 Å². The molecule has 1 aromatic heterocycles. The van der Waals surface area contributed by atoms with Crippen LogP contribution in [0.3, 0.4) is 0 Å². The number of ether oxygens (including phenoxy) is 1. The fourth-order valence-electron chi connectivity index (χ4n) is 2.08. The number of nitrogens with one attached hydrogen (secondary N) is 2. The molecule has 2 aromatic rings. The number of aromatic nitrogens is 1. The standard InChI is InChI=1S/C18H23N3O2/c1-3-12-23-17-13-14(2)7-8-16(17)21-18(22)20-11-9-15-6-4-5-10-19-15/h4-8,10,13H,3,9,11-12H2,1-2H3,(H2,20,21,22). The van der Waals surface area contributed by atoms with E-state index in [1.165, 1.54) is 0 Å². The third-order valence-electron chi connectivity index (χ3n) is 3.24. The van der Waals surface area contributed by atoms with Crippen molar-refractivity contribution in [1.82, 2.24) is 10.3 Å². The van der Waals surface area contributed by atoms with Crippen molar-refractivity contribution in [2.24, 2.45) is 0 Å². The molecule has 1 aromatic carbocycles. The van der Waals surface area contributed by atoms with Crippen LogP contribution in [0, 0.1) is 6.92 Å². The summed E-state index contributed by atoms with van der Waals surface area (Å²) in [6.45, 7) is 5.20. The van der Waals surface area contributed by atoms with E-state index in [1.807, 2.05) is 50.2 Å². The van der Waals surface area contributed by atoms with Crippen LogP contribution in [-0.4, -0.2) is 24.2 Å². The molecule has 122 valence electrons. The summed E-state index contributed by atoms with van der Waals surface area (Å²) in [7, 11) is 0. The molecule has 5 heteroatoms. The van der Waals surface area contributed by atoms with Gasteiger partial charge in [0.05, 0.1) is 12.3 Å². The maximum Gasteiger partial charge on any atom is 0.319 e. The molecule has 0 saturated heterocycles. The highest BCUT2D eigenvalue weighted by molar-refractivity contribution is 5.90. The first-order valence-electron chi connectivity index (χ1n) is 7.87. The fourth-order valence-corrected chi connectivity index (χ4v) is 2.08. The lowest BCUT2D eigenvalue weighted by molar-refractivity contribution is 0.252. The third-order valence-corrected chi connectivity index (χ3v) is 3.24. The second kappa shape index (κ2) is 8.78. The van der Waals surface area contributed by atoms with Gasteiger partial charge in [0.25, 0.3) is 0 Å². The average Bonchev–Trinajstić information content (AvgIpc) is 2.56. The number of carbonyl (C=O) groups is 1. The number of rotatable bonds is 7. The predicted molar refractivity (Wildman–Crippen MR) is 91.9 cm³/mol. The highest BCUT2D eigenvalue weighted by Gasteiger charge is 2.08. The molecule has 0 radical (unpaired) electrons. The number of pyridine rings is 1. The third kappa shape index (κ3) is 5.62.